The van der Waals surface area contributed by atoms with E-state index < -0.39 is 0 Å². The minimum absolute atomic E-state index is 0.820. The molecule has 0 atom stereocenters. The third-order valence-corrected chi connectivity index (χ3v) is 7.17. The van der Waals surface area contributed by atoms with Gasteiger partial charge in [0.05, 0.1) is 19.9 Å². The highest BCUT2D eigenvalue weighted by molar-refractivity contribution is 5.84. The van der Waals surface area contributed by atoms with E-state index in [-0.39, 0.29) is 0 Å². The Morgan fingerprint density at radius 2 is 0.875 bits per heavy atom. The van der Waals surface area contributed by atoms with E-state index in [2.05, 4.69) is 141 Å². The first-order valence-electron chi connectivity index (χ1n) is 13.5. The van der Waals surface area contributed by atoms with Crippen molar-refractivity contribution in [2.45, 2.75) is 27.7 Å². The molecule has 0 radical (unpaired) electrons. The molecule has 0 heterocycles. The molecule has 5 aromatic rings. The Balaban J connectivity index is 1.63. The van der Waals surface area contributed by atoms with Crippen LogP contribution in [0.1, 0.15) is 22.3 Å². The Morgan fingerprint density at radius 1 is 0.425 bits per heavy atom. The number of anilines is 6. The number of benzene rings is 5. The second kappa shape index (κ2) is 11.6. The number of rotatable bonds is 8. The first-order valence-corrected chi connectivity index (χ1v) is 13.5. The van der Waals surface area contributed by atoms with Gasteiger partial charge in [-0.3, -0.25) is 0 Å². The molecule has 0 aliphatic rings. The van der Waals surface area contributed by atoms with E-state index >= 15 is 0 Å². The molecule has 0 bridgehead atoms. The smallest absolute Gasteiger partial charge is 0.143 e. The van der Waals surface area contributed by atoms with Crippen molar-refractivity contribution >= 4 is 34.1 Å². The van der Waals surface area contributed by atoms with Crippen LogP contribution in [0, 0.1) is 27.7 Å². The molecular weight excluding hydrogens is 492 g/mol. The summed E-state index contributed by atoms with van der Waals surface area (Å²) in [7, 11) is 3.42. The highest BCUT2D eigenvalue weighted by Gasteiger charge is 2.20. The van der Waals surface area contributed by atoms with Crippen LogP contribution in [-0.2, 0) is 0 Å². The third kappa shape index (κ3) is 5.52. The van der Waals surface area contributed by atoms with Gasteiger partial charge in [-0.05, 0) is 118 Å². The zero-order chi connectivity index (χ0) is 28.2. The molecular formula is C36H36N2O2. The van der Waals surface area contributed by atoms with Crippen molar-refractivity contribution < 1.29 is 9.47 Å². The van der Waals surface area contributed by atoms with Gasteiger partial charge in [-0.25, -0.2) is 0 Å². The largest absolute Gasteiger partial charge is 0.497 e. The number of nitrogens with zero attached hydrogens (tertiary/aromatic N) is 2. The molecule has 4 nitrogen and oxygen atoms in total. The minimum Gasteiger partial charge on any atom is -0.497 e. The van der Waals surface area contributed by atoms with Crippen LogP contribution in [0.4, 0.5) is 34.1 Å². The van der Waals surface area contributed by atoms with E-state index in [1.807, 2.05) is 6.07 Å². The fourth-order valence-corrected chi connectivity index (χ4v) is 4.97. The van der Waals surface area contributed by atoms with E-state index in [1.165, 1.54) is 11.1 Å². The molecule has 0 amide bonds. The summed E-state index contributed by atoms with van der Waals surface area (Å²) in [5.41, 5.74) is 11.1. The number of aryl methyl sites for hydroxylation is 4. The van der Waals surface area contributed by atoms with Gasteiger partial charge in [0.1, 0.15) is 11.5 Å². The Bertz CT molecular complexity index is 1550. The summed E-state index contributed by atoms with van der Waals surface area (Å²) in [4.78, 5) is 4.54. The highest BCUT2D eigenvalue weighted by atomic mass is 16.5. The summed E-state index contributed by atoms with van der Waals surface area (Å²) < 4.78 is 11.4. The zero-order valence-corrected chi connectivity index (χ0v) is 24.1. The van der Waals surface area contributed by atoms with Crippen LogP contribution in [-0.4, -0.2) is 14.2 Å². The molecule has 5 rings (SSSR count). The summed E-state index contributed by atoms with van der Waals surface area (Å²) in [6.45, 7) is 8.42. The highest BCUT2D eigenvalue weighted by Crippen LogP contribution is 2.44. The lowest BCUT2D eigenvalue weighted by Crippen LogP contribution is -2.14. The standard InChI is InChI=1S/C36H36N2O2/c1-25-7-12-29(13-8-25)37(30-14-9-26(2)10-15-30)31-16-18-32(19-17-31)38(34-22-20-33(39-5)24-28(34)4)35-21-11-27(3)23-36(35)40-6/h7-24H,1-6H3. The van der Waals surface area contributed by atoms with Crippen LogP contribution >= 0.6 is 0 Å². The Labute approximate surface area is 238 Å². The summed E-state index contributed by atoms with van der Waals surface area (Å²) >= 11 is 0. The van der Waals surface area contributed by atoms with Gasteiger partial charge >= 0.3 is 0 Å². The summed E-state index contributed by atoms with van der Waals surface area (Å²) in [6, 6.07) is 38.5. The molecule has 0 unspecified atom stereocenters. The van der Waals surface area contributed by atoms with Gasteiger partial charge in [0.25, 0.3) is 0 Å². The fraction of sp³-hybridized carbons (Fsp3) is 0.167. The van der Waals surface area contributed by atoms with E-state index in [0.29, 0.717) is 0 Å². The Hall–Kier alpha value is -4.70. The zero-order valence-electron chi connectivity index (χ0n) is 24.1. The van der Waals surface area contributed by atoms with Crippen molar-refractivity contribution in [3.63, 3.8) is 0 Å². The lowest BCUT2D eigenvalue weighted by atomic mass is 10.1. The van der Waals surface area contributed by atoms with Gasteiger partial charge in [-0.1, -0.05) is 41.5 Å². The Kier molecular flexibility index (Phi) is 7.79. The predicted octanol–water partition coefficient (Wildman–Crippen LogP) is 9.88. The van der Waals surface area contributed by atoms with E-state index in [9.17, 15) is 0 Å². The maximum absolute atomic E-state index is 5.86. The molecule has 0 aliphatic heterocycles. The normalized spacial score (nSPS) is 10.8. The van der Waals surface area contributed by atoms with Crippen LogP contribution in [0.15, 0.2) is 109 Å². The van der Waals surface area contributed by atoms with Gasteiger partial charge in [0.15, 0.2) is 0 Å². The first-order chi connectivity index (χ1) is 19.4. The maximum Gasteiger partial charge on any atom is 0.143 e. The van der Waals surface area contributed by atoms with Crippen molar-refractivity contribution in [3.05, 3.63) is 131 Å². The molecule has 0 fully saturated rings. The van der Waals surface area contributed by atoms with Gasteiger partial charge in [0, 0.05) is 28.4 Å². The van der Waals surface area contributed by atoms with Crippen LogP contribution in [0.3, 0.4) is 0 Å². The second-order valence-electron chi connectivity index (χ2n) is 10.2. The number of hydrogen-bond acceptors (Lipinski definition) is 4. The van der Waals surface area contributed by atoms with Crippen LogP contribution in [0.5, 0.6) is 11.5 Å². The van der Waals surface area contributed by atoms with Gasteiger partial charge in [0.2, 0.25) is 0 Å². The number of methoxy groups -OCH3 is 2. The molecule has 0 spiro atoms. The van der Waals surface area contributed by atoms with E-state index in [4.69, 9.17) is 9.47 Å². The molecule has 4 heteroatoms. The maximum atomic E-state index is 5.86. The topological polar surface area (TPSA) is 24.9 Å². The van der Waals surface area contributed by atoms with Crippen LogP contribution in [0.2, 0.25) is 0 Å². The lowest BCUT2D eigenvalue weighted by Gasteiger charge is -2.30. The molecule has 202 valence electrons. The lowest BCUT2D eigenvalue weighted by molar-refractivity contribution is 0.414. The molecule has 0 N–H and O–H groups in total. The predicted molar refractivity (Wildman–Crippen MR) is 168 cm³/mol. The molecule has 0 saturated heterocycles. The molecule has 0 aliphatic carbocycles. The van der Waals surface area contributed by atoms with Crippen molar-refractivity contribution in [1.82, 2.24) is 0 Å². The van der Waals surface area contributed by atoms with Crippen molar-refractivity contribution in [2.24, 2.45) is 0 Å². The minimum atomic E-state index is 0.820. The SMILES string of the molecule is COc1ccc(N(c2ccc(N(c3ccc(C)cc3)c3ccc(C)cc3)cc2)c2ccc(C)cc2OC)c(C)c1. The average molecular weight is 529 g/mol. The summed E-state index contributed by atoms with van der Waals surface area (Å²) in [5, 5.41) is 0. The van der Waals surface area contributed by atoms with Gasteiger partial charge < -0.3 is 19.3 Å². The first kappa shape index (κ1) is 26.9. The van der Waals surface area contributed by atoms with E-state index in [1.54, 1.807) is 14.2 Å². The number of ether oxygens (including phenoxy) is 2. The summed E-state index contributed by atoms with van der Waals surface area (Å²) in [6.07, 6.45) is 0. The molecule has 0 aromatic heterocycles. The van der Waals surface area contributed by atoms with Crippen molar-refractivity contribution in [2.75, 3.05) is 24.0 Å². The third-order valence-electron chi connectivity index (χ3n) is 7.17. The monoisotopic (exact) mass is 528 g/mol. The van der Waals surface area contributed by atoms with Gasteiger partial charge in [-0.2, -0.15) is 0 Å². The molecule has 5 aromatic carbocycles. The van der Waals surface area contributed by atoms with Crippen LogP contribution in [0.25, 0.3) is 0 Å². The average Bonchev–Trinajstić information content (AvgIpc) is 2.97. The quantitative estimate of drug-likeness (QED) is 0.200. The summed E-state index contributed by atoms with van der Waals surface area (Å²) in [5.74, 6) is 1.65. The van der Waals surface area contributed by atoms with Crippen molar-refractivity contribution in [1.29, 1.82) is 0 Å². The number of hydrogen-bond donors (Lipinski definition) is 0. The van der Waals surface area contributed by atoms with E-state index in [0.717, 1.165) is 56.8 Å². The fourth-order valence-electron chi connectivity index (χ4n) is 4.97. The van der Waals surface area contributed by atoms with Gasteiger partial charge in [-0.15, -0.1) is 0 Å². The van der Waals surface area contributed by atoms with Crippen LogP contribution < -0.4 is 19.3 Å². The Morgan fingerprint density at radius 3 is 1.35 bits per heavy atom. The molecule has 0 saturated carbocycles. The van der Waals surface area contributed by atoms with Crippen molar-refractivity contribution in [3.8, 4) is 11.5 Å². The second-order valence-corrected chi connectivity index (χ2v) is 10.2. The molecule has 40 heavy (non-hydrogen) atoms.